The Labute approximate surface area is 208 Å². The van der Waals surface area contributed by atoms with Crippen molar-refractivity contribution in [2.45, 2.75) is 12.8 Å². The SMILES string of the molecule is CN1CCC(COc2cnc(-c3cccc(C(=O)n4nc(-c5cnn(C)c5)ccc4=O)c3)nc2)CC1. The van der Waals surface area contributed by atoms with E-state index in [1.807, 2.05) is 6.07 Å². The highest BCUT2D eigenvalue weighted by Gasteiger charge is 2.18. The number of likely N-dealkylation sites (tertiary alicyclic amines) is 1. The van der Waals surface area contributed by atoms with Crippen LogP contribution < -0.4 is 10.3 Å². The Morgan fingerprint density at radius 1 is 1.03 bits per heavy atom. The second kappa shape index (κ2) is 10.2. The van der Waals surface area contributed by atoms with E-state index in [0.29, 0.717) is 46.5 Å². The fraction of sp³-hybridized carbons (Fsp3) is 0.308. The zero-order valence-electron chi connectivity index (χ0n) is 20.2. The van der Waals surface area contributed by atoms with Crippen LogP contribution in [-0.2, 0) is 7.05 Å². The zero-order valence-corrected chi connectivity index (χ0v) is 20.2. The Balaban J connectivity index is 1.31. The van der Waals surface area contributed by atoms with Crippen molar-refractivity contribution in [2.24, 2.45) is 13.0 Å². The summed E-state index contributed by atoms with van der Waals surface area (Å²) in [6.07, 6.45) is 8.94. The predicted molar refractivity (Wildman–Crippen MR) is 134 cm³/mol. The third-order valence-corrected chi connectivity index (χ3v) is 6.31. The van der Waals surface area contributed by atoms with Crippen LogP contribution in [0.15, 0.2) is 66.0 Å². The van der Waals surface area contributed by atoms with Crippen LogP contribution in [0.5, 0.6) is 5.75 Å². The maximum Gasteiger partial charge on any atom is 0.281 e. The van der Waals surface area contributed by atoms with E-state index in [2.05, 4.69) is 32.1 Å². The minimum Gasteiger partial charge on any atom is -0.490 e. The molecule has 36 heavy (non-hydrogen) atoms. The Kier molecular flexibility index (Phi) is 6.68. The highest BCUT2D eigenvalue weighted by Crippen LogP contribution is 2.21. The highest BCUT2D eigenvalue weighted by atomic mass is 16.5. The van der Waals surface area contributed by atoms with Gasteiger partial charge in [0.25, 0.3) is 11.5 Å². The first kappa shape index (κ1) is 23.6. The van der Waals surface area contributed by atoms with Crippen molar-refractivity contribution in [1.29, 1.82) is 0 Å². The van der Waals surface area contributed by atoms with Gasteiger partial charge in [-0.05, 0) is 57.1 Å². The molecular formula is C26H27N7O3. The monoisotopic (exact) mass is 485 g/mol. The second-order valence-electron chi connectivity index (χ2n) is 9.06. The molecule has 0 unspecified atom stereocenters. The summed E-state index contributed by atoms with van der Waals surface area (Å²) in [5.74, 6) is 1.08. The first-order chi connectivity index (χ1) is 17.5. The van der Waals surface area contributed by atoms with Crippen molar-refractivity contribution in [1.82, 2.24) is 34.4 Å². The fourth-order valence-electron chi connectivity index (χ4n) is 4.16. The predicted octanol–water partition coefficient (Wildman–Crippen LogP) is 2.51. The number of benzene rings is 1. The van der Waals surface area contributed by atoms with Gasteiger partial charge in [-0.25, -0.2) is 9.97 Å². The van der Waals surface area contributed by atoms with Gasteiger partial charge in [-0.15, -0.1) is 0 Å². The van der Waals surface area contributed by atoms with E-state index in [9.17, 15) is 9.59 Å². The molecule has 1 saturated heterocycles. The summed E-state index contributed by atoms with van der Waals surface area (Å²) in [6, 6.07) is 9.73. The maximum atomic E-state index is 13.2. The first-order valence-corrected chi connectivity index (χ1v) is 11.8. The van der Waals surface area contributed by atoms with Gasteiger partial charge in [-0.3, -0.25) is 14.3 Å². The summed E-state index contributed by atoms with van der Waals surface area (Å²) in [5.41, 5.74) is 1.63. The minimum atomic E-state index is -0.536. The smallest absolute Gasteiger partial charge is 0.281 e. The van der Waals surface area contributed by atoms with Gasteiger partial charge in [0.05, 0.1) is 30.9 Å². The topological polar surface area (TPSA) is 108 Å². The van der Waals surface area contributed by atoms with E-state index in [1.165, 1.54) is 6.07 Å². The zero-order chi connectivity index (χ0) is 25.1. The number of piperidine rings is 1. The van der Waals surface area contributed by atoms with Crippen LogP contribution in [0.1, 0.15) is 23.2 Å². The van der Waals surface area contributed by atoms with Gasteiger partial charge >= 0.3 is 0 Å². The molecule has 0 radical (unpaired) electrons. The van der Waals surface area contributed by atoms with Crippen LogP contribution >= 0.6 is 0 Å². The Morgan fingerprint density at radius 2 is 1.81 bits per heavy atom. The molecule has 0 N–H and O–H groups in total. The van der Waals surface area contributed by atoms with E-state index in [0.717, 1.165) is 30.6 Å². The number of ether oxygens (including phenoxy) is 1. The van der Waals surface area contributed by atoms with Crippen molar-refractivity contribution in [3.8, 4) is 28.4 Å². The molecule has 0 saturated carbocycles. The Morgan fingerprint density at radius 3 is 2.53 bits per heavy atom. The van der Waals surface area contributed by atoms with Crippen molar-refractivity contribution in [3.05, 3.63) is 77.1 Å². The Hall–Kier alpha value is -4.18. The standard InChI is InChI=1S/C26H27N7O3/c1-31-10-8-18(9-11-31)17-36-22-14-27-25(28-15-22)19-4-3-5-20(12-19)26(35)33-24(34)7-6-23(30-33)21-13-29-32(2)16-21/h3-7,12-16,18H,8-11,17H2,1-2H3. The molecule has 5 rings (SSSR count). The highest BCUT2D eigenvalue weighted by molar-refractivity contribution is 5.96. The number of aromatic nitrogens is 6. The molecule has 0 amide bonds. The third kappa shape index (κ3) is 5.23. The molecule has 184 valence electrons. The maximum absolute atomic E-state index is 13.2. The van der Waals surface area contributed by atoms with Crippen LogP contribution in [0.2, 0.25) is 0 Å². The molecule has 0 aliphatic carbocycles. The van der Waals surface area contributed by atoms with E-state index < -0.39 is 11.5 Å². The molecule has 1 aromatic carbocycles. The van der Waals surface area contributed by atoms with Crippen LogP contribution in [0.3, 0.4) is 0 Å². The number of rotatable bonds is 6. The van der Waals surface area contributed by atoms with Gasteiger partial charge in [-0.1, -0.05) is 12.1 Å². The lowest BCUT2D eigenvalue weighted by Crippen LogP contribution is -2.32. The first-order valence-electron chi connectivity index (χ1n) is 11.8. The molecule has 0 bridgehead atoms. The summed E-state index contributed by atoms with van der Waals surface area (Å²) in [7, 11) is 3.92. The normalized spacial score (nSPS) is 14.6. The van der Waals surface area contributed by atoms with E-state index in [-0.39, 0.29) is 0 Å². The average molecular weight is 486 g/mol. The van der Waals surface area contributed by atoms with Gasteiger partial charge in [0.15, 0.2) is 11.6 Å². The van der Waals surface area contributed by atoms with Gasteiger partial charge in [0.2, 0.25) is 0 Å². The summed E-state index contributed by atoms with van der Waals surface area (Å²) < 4.78 is 8.39. The van der Waals surface area contributed by atoms with E-state index >= 15 is 0 Å². The van der Waals surface area contributed by atoms with Gasteiger partial charge in [0, 0.05) is 36.0 Å². The molecule has 1 aliphatic heterocycles. The summed E-state index contributed by atoms with van der Waals surface area (Å²) in [5, 5.41) is 8.38. The second-order valence-corrected chi connectivity index (χ2v) is 9.06. The Bertz CT molecular complexity index is 1420. The van der Waals surface area contributed by atoms with Gasteiger partial charge < -0.3 is 9.64 Å². The van der Waals surface area contributed by atoms with Crippen molar-refractivity contribution in [2.75, 3.05) is 26.7 Å². The summed E-state index contributed by atoms with van der Waals surface area (Å²) in [6.45, 7) is 2.84. The summed E-state index contributed by atoms with van der Waals surface area (Å²) in [4.78, 5) is 36.8. The van der Waals surface area contributed by atoms with Crippen molar-refractivity contribution >= 4 is 5.91 Å². The van der Waals surface area contributed by atoms with E-state index in [4.69, 9.17) is 4.74 Å². The van der Waals surface area contributed by atoms with Crippen LogP contribution in [-0.4, -0.2) is 67.1 Å². The lowest BCUT2D eigenvalue weighted by atomic mass is 9.98. The van der Waals surface area contributed by atoms with Crippen LogP contribution in [0, 0.1) is 5.92 Å². The van der Waals surface area contributed by atoms with E-state index in [1.54, 1.807) is 60.8 Å². The van der Waals surface area contributed by atoms with Crippen molar-refractivity contribution < 1.29 is 9.53 Å². The van der Waals surface area contributed by atoms with Gasteiger partial charge in [-0.2, -0.15) is 14.9 Å². The molecule has 10 nitrogen and oxygen atoms in total. The molecule has 1 fully saturated rings. The number of hydrogen-bond acceptors (Lipinski definition) is 8. The lowest BCUT2D eigenvalue weighted by molar-refractivity contribution is 0.0939. The molecule has 4 aromatic rings. The number of carbonyl (C=O) groups excluding carboxylic acids is 1. The minimum absolute atomic E-state index is 0.302. The molecule has 10 heteroatoms. The van der Waals surface area contributed by atoms with Crippen molar-refractivity contribution in [3.63, 3.8) is 0 Å². The number of aryl methyl sites for hydroxylation is 1. The fourth-order valence-corrected chi connectivity index (χ4v) is 4.16. The molecule has 0 atom stereocenters. The molecule has 4 heterocycles. The molecular weight excluding hydrogens is 458 g/mol. The largest absolute Gasteiger partial charge is 0.490 e. The molecule has 0 spiro atoms. The van der Waals surface area contributed by atoms with Crippen LogP contribution in [0.25, 0.3) is 22.6 Å². The quantitative estimate of drug-likeness (QED) is 0.410. The van der Waals surface area contributed by atoms with Crippen LogP contribution in [0.4, 0.5) is 0 Å². The number of nitrogens with zero attached hydrogens (tertiary/aromatic N) is 7. The number of hydrogen-bond donors (Lipinski definition) is 0. The summed E-state index contributed by atoms with van der Waals surface area (Å²) >= 11 is 0. The number of carbonyl (C=O) groups is 1. The lowest BCUT2D eigenvalue weighted by Gasteiger charge is -2.28. The molecule has 3 aromatic heterocycles. The van der Waals surface area contributed by atoms with Gasteiger partial charge in [0.1, 0.15) is 0 Å². The average Bonchev–Trinajstić information content (AvgIpc) is 3.35. The third-order valence-electron chi connectivity index (χ3n) is 6.31. The molecule has 1 aliphatic rings.